The maximum atomic E-state index is 5.41. The topological polar surface area (TPSA) is 24.0 Å². The monoisotopic (exact) mass is 249 g/mol. The molecule has 0 aliphatic carbocycles. The number of nitrogens with one attached hydrogen (secondary N) is 1. The van der Waals surface area contributed by atoms with Gasteiger partial charge in [-0.3, -0.25) is 0 Å². The van der Waals surface area contributed by atoms with E-state index in [0.29, 0.717) is 6.04 Å². The maximum absolute atomic E-state index is 5.41. The molecule has 92 valence electrons. The number of fused-ring (bicyclic) bond motifs is 1. The van der Waals surface area contributed by atoms with E-state index in [9.17, 15) is 0 Å². The number of nitrogens with zero attached hydrogens (tertiary/aromatic N) is 2. The Hall–Kier alpha value is -1.13. The first-order valence-electron chi connectivity index (χ1n) is 5.84. The highest BCUT2D eigenvalue weighted by atomic mass is 32.1. The highest BCUT2D eigenvalue weighted by Gasteiger charge is 2.11. The van der Waals surface area contributed by atoms with Crippen molar-refractivity contribution < 1.29 is 0 Å². The van der Waals surface area contributed by atoms with Crippen LogP contribution in [0.25, 0.3) is 11.0 Å². The average Bonchev–Trinajstić information content (AvgIpc) is 2.52. The molecule has 1 aromatic heterocycles. The van der Waals surface area contributed by atoms with Gasteiger partial charge < -0.3 is 14.5 Å². The first kappa shape index (κ1) is 12.3. The van der Waals surface area contributed by atoms with Gasteiger partial charge in [0.2, 0.25) is 0 Å². The third-order valence-corrected chi connectivity index (χ3v) is 3.24. The third-order valence-electron chi connectivity index (χ3n) is 2.94. The molecule has 0 fully saturated rings. The molecule has 0 saturated carbocycles. The fraction of sp³-hybridized carbons (Fsp3) is 0.462. The van der Waals surface area contributed by atoms with E-state index in [-0.39, 0.29) is 0 Å². The van der Waals surface area contributed by atoms with Gasteiger partial charge in [0.25, 0.3) is 0 Å². The van der Waals surface area contributed by atoms with Crippen LogP contribution in [-0.4, -0.2) is 35.1 Å². The fourth-order valence-electron chi connectivity index (χ4n) is 2.28. The van der Waals surface area contributed by atoms with E-state index in [1.807, 2.05) is 0 Å². The van der Waals surface area contributed by atoms with Gasteiger partial charge in [-0.15, -0.1) is 0 Å². The lowest BCUT2D eigenvalue weighted by molar-refractivity contribution is 0.339. The molecule has 1 unspecified atom stereocenters. The van der Waals surface area contributed by atoms with Gasteiger partial charge in [0.1, 0.15) is 0 Å². The Morgan fingerprint density at radius 1 is 1.41 bits per heavy atom. The number of aryl methyl sites for hydroxylation is 1. The van der Waals surface area contributed by atoms with Gasteiger partial charge in [-0.25, -0.2) is 0 Å². The molecule has 3 nitrogen and oxygen atoms in total. The van der Waals surface area contributed by atoms with Crippen molar-refractivity contribution in [3.63, 3.8) is 0 Å². The molecule has 4 heteroatoms. The van der Waals surface area contributed by atoms with Gasteiger partial charge in [0.15, 0.2) is 4.77 Å². The molecule has 0 spiro atoms. The minimum absolute atomic E-state index is 0.369. The van der Waals surface area contributed by atoms with Crippen molar-refractivity contribution in [2.24, 2.45) is 0 Å². The van der Waals surface area contributed by atoms with Crippen molar-refractivity contribution in [2.75, 3.05) is 20.6 Å². The smallest absolute Gasteiger partial charge is 0.178 e. The molecule has 1 N–H and O–H groups in total. The fourth-order valence-corrected chi connectivity index (χ4v) is 2.67. The molecule has 0 aliphatic heterocycles. The molecule has 1 atom stereocenters. The van der Waals surface area contributed by atoms with E-state index in [2.05, 4.69) is 60.6 Å². The largest absolute Gasteiger partial charge is 0.331 e. The molecule has 17 heavy (non-hydrogen) atoms. The number of aromatic nitrogens is 2. The van der Waals surface area contributed by atoms with Gasteiger partial charge in [0.05, 0.1) is 11.0 Å². The number of likely N-dealkylation sites (N-methyl/N-ethyl adjacent to an activating group) is 1. The number of imidazole rings is 1. The Bertz CT molecular complexity index is 580. The Labute approximate surface area is 107 Å². The second-order valence-corrected chi connectivity index (χ2v) is 5.32. The van der Waals surface area contributed by atoms with Gasteiger partial charge in [-0.1, -0.05) is 6.07 Å². The minimum Gasteiger partial charge on any atom is -0.331 e. The Morgan fingerprint density at radius 2 is 2.12 bits per heavy atom. The normalized spacial score (nSPS) is 13.5. The van der Waals surface area contributed by atoms with Crippen molar-refractivity contribution in [3.05, 3.63) is 28.5 Å². The highest BCUT2D eigenvalue weighted by Crippen LogP contribution is 2.20. The zero-order valence-corrected chi connectivity index (χ0v) is 11.6. The van der Waals surface area contributed by atoms with Crippen molar-refractivity contribution in [3.8, 4) is 0 Å². The van der Waals surface area contributed by atoms with Crippen LogP contribution < -0.4 is 0 Å². The van der Waals surface area contributed by atoms with Crippen LogP contribution in [0.2, 0.25) is 0 Å². The molecule has 0 radical (unpaired) electrons. The van der Waals surface area contributed by atoms with Crippen LogP contribution in [-0.2, 0) is 0 Å². The van der Waals surface area contributed by atoms with Gasteiger partial charge >= 0.3 is 0 Å². The molecular weight excluding hydrogens is 230 g/mol. The summed E-state index contributed by atoms with van der Waals surface area (Å²) in [6, 6.07) is 6.76. The second-order valence-electron chi connectivity index (χ2n) is 4.93. The number of hydrogen-bond donors (Lipinski definition) is 1. The standard InChI is InChI=1S/C13H19N3S/c1-9-5-6-11-12(7-9)16(13(17)14-11)10(2)8-15(3)4/h5-7,10H,8H2,1-4H3,(H,14,17). The van der Waals surface area contributed by atoms with Crippen LogP contribution in [0.1, 0.15) is 18.5 Å². The molecule has 1 heterocycles. The lowest BCUT2D eigenvalue weighted by Crippen LogP contribution is -2.22. The summed E-state index contributed by atoms with van der Waals surface area (Å²) in [5.41, 5.74) is 3.58. The predicted octanol–water partition coefficient (Wildman–Crippen LogP) is 3.13. The summed E-state index contributed by atoms with van der Waals surface area (Å²) in [6.07, 6.45) is 0. The SMILES string of the molecule is Cc1ccc2[nH]c(=S)n(C(C)CN(C)C)c2c1. The first-order chi connectivity index (χ1) is 7.99. The quantitative estimate of drug-likeness (QED) is 0.845. The van der Waals surface area contributed by atoms with Crippen molar-refractivity contribution >= 4 is 23.3 Å². The lowest BCUT2D eigenvalue weighted by Gasteiger charge is -2.19. The first-order valence-corrected chi connectivity index (χ1v) is 6.25. The van der Waals surface area contributed by atoms with Gasteiger partial charge in [0, 0.05) is 12.6 Å². The van der Waals surface area contributed by atoms with Crippen LogP contribution >= 0.6 is 12.2 Å². The van der Waals surface area contributed by atoms with Crippen LogP contribution in [0.5, 0.6) is 0 Å². The zero-order chi connectivity index (χ0) is 12.6. The van der Waals surface area contributed by atoms with Crippen molar-refractivity contribution in [1.29, 1.82) is 0 Å². The molecule has 2 rings (SSSR count). The number of benzene rings is 1. The number of H-pyrrole nitrogens is 1. The third kappa shape index (κ3) is 2.42. The van der Waals surface area contributed by atoms with E-state index in [1.54, 1.807) is 0 Å². The van der Waals surface area contributed by atoms with Crippen molar-refractivity contribution in [1.82, 2.24) is 14.5 Å². The van der Waals surface area contributed by atoms with Crippen LogP contribution in [0.15, 0.2) is 18.2 Å². The maximum Gasteiger partial charge on any atom is 0.178 e. The van der Waals surface area contributed by atoms with E-state index < -0.39 is 0 Å². The number of rotatable bonds is 3. The summed E-state index contributed by atoms with van der Waals surface area (Å²) >= 11 is 5.41. The summed E-state index contributed by atoms with van der Waals surface area (Å²) in [6.45, 7) is 5.29. The predicted molar refractivity (Wildman–Crippen MR) is 75.1 cm³/mol. The summed E-state index contributed by atoms with van der Waals surface area (Å²) < 4.78 is 3.01. The minimum atomic E-state index is 0.369. The van der Waals surface area contributed by atoms with E-state index in [4.69, 9.17) is 12.2 Å². The van der Waals surface area contributed by atoms with E-state index >= 15 is 0 Å². The van der Waals surface area contributed by atoms with Crippen molar-refractivity contribution in [2.45, 2.75) is 19.9 Å². The number of aromatic amines is 1. The molecule has 2 aromatic rings. The van der Waals surface area contributed by atoms with Crippen LogP contribution in [0.3, 0.4) is 0 Å². The summed E-state index contributed by atoms with van der Waals surface area (Å²) in [5, 5.41) is 0. The molecule has 0 saturated heterocycles. The second kappa shape index (κ2) is 4.63. The summed E-state index contributed by atoms with van der Waals surface area (Å²) in [4.78, 5) is 5.45. The van der Waals surface area contributed by atoms with Gasteiger partial charge in [-0.2, -0.15) is 0 Å². The molecular formula is C13H19N3S. The van der Waals surface area contributed by atoms with Crippen LogP contribution in [0.4, 0.5) is 0 Å². The lowest BCUT2D eigenvalue weighted by atomic mass is 10.2. The van der Waals surface area contributed by atoms with Crippen LogP contribution in [0, 0.1) is 11.7 Å². The average molecular weight is 249 g/mol. The van der Waals surface area contributed by atoms with E-state index in [1.165, 1.54) is 11.1 Å². The summed E-state index contributed by atoms with van der Waals surface area (Å²) in [7, 11) is 4.17. The molecule has 0 aliphatic rings. The Kier molecular flexibility index (Phi) is 3.35. The zero-order valence-electron chi connectivity index (χ0n) is 10.8. The molecule has 1 aromatic carbocycles. The Morgan fingerprint density at radius 3 is 2.76 bits per heavy atom. The number of hydrogen-bond acceptors (Lipinski definition) is 2. The van der Waals surface area contributed by atoms with Gasteiger partial charge in [-0.05, 0) is 57.9 Å². The highest BCUT2D eigenvalue weighted by molar-refractivity contribution is 7.71. The molecule has 0 bridgehead atoms. The summed E-state index contributed by atoms with van der Waals surface area (Å²) in [5.74, 6) is 0. The Balaban J connectivity index is 2.55. The molecule has 0 amide bonds. The van der Waals surface area contributed by atoms with E-state index in [0.717, 1.165) is 16.8 Å².